The predicted octanol–water partition coefficient (Wildman–Crippen LogP) is 2.67. The van der Waals surface area contributed by atoms with Crippen molar-refractivity contribution in [1.29, 1.82) is 0 Å². The van der Waals surface area contributed by atoms with Crippen LogP contribution in [0.5, 0.6) is 5.75 Å². The Morgan fingerprint density at radius 2 is 2.00 bits per heavy atom. The van der Waals surface area contributed by atoms with E-state index in [-0.39, 0.29) is 11.4 Å². The molecule has 0 aliphatic heterocycles. The van der Waals surface area contributed by atoms with Gasteiger partial charge >= 0.3 is 6.18 Å². The number of ether oxygens (including phenoxy) is 1. The van der Waals surface area contributed by atoms with Gasteiger partial charge in [-0.2, -0.15) is 18.3 Å². The van der Waals surface area contributed by atoms with Crippen molar-refractivity contribution in [3.63, 3.8) is 0 Å². The summed E-state index contributed by atoms with van der Waals surface area (Å²) in [6.45, 7) is 0. The first-order valence-corrected chi connectivity index (χ1v) is 5.86. The second-order valence-electron chi connectivity index (χ2n) is 4.35. The summed E-state index contributed by atoms with van der Waals surface area (Å²) in [6.07, 6.45) is -5.16. The van der Waals surface area contributed by atoms with E-state index in [0.29, 0.717) is 6.07 Å². The largest absolute Gasteiger partial charge is 0.493 e. The number of aliphatic hydroxyl groups excluding tert-OH is 1. The number of halogens is 4. The molecule has 21 heavy (non-hydrogen) atoms. The van der Waals surface area contributed by atoms with Crippen molar-refractivity contribution >= 4 is 0 Å². The number of nitrogens with zero attached hydrogens (tertiary/aromatic N) is 2. The van der Waals surface area contributed by atoms with Crippen LogP contribution in [-0.2, 0) is 13.2 Å². The molecule has 4 nitrogen and oxygen atoms in total. The highest BCUT2D eigenvalue weighted by Crippen LogP contribution is 2.38. The van der Waals surface area contributed by atoms with Crippen molar-refractivity contribution < 1.29 is 27.4 Å². The van der Waals surface area contributed by atoms with Gasteiger partial charge in [-0.05, 0) is 17.7 Å². The van der Waals surface area contributed by atoms with Crippen LogP contribution >= 0.6 is 0 Å². The number of aromatic nitrogens is 2. The first kappa shape index (κ1) is 15.3. The summed E-state index contributed by atoms with van der Waals surface area (Å²) in [5.74, 6) is -0.891. The van der Waals surface area contributed by atoms with Gasteiger partial charge in [0.15, 0.2) is 5.75 Å². The van der Waals surface area contributed by atoms with E-state index < -0.39 is 29.2 Å². The first-order valence-electron chi connectivity index (χ1n) is 5.86. The molecule has 1 unspecified atom stereocenters. The number of aliphatic hydroxyl groups is 1. The second kappa shape index (κ2) is 5.36. The zero-order chi connectivity index (χ0) is 15.8. The lowest BCUT2D eigenvalue weighted by Gasteiger charge is -2.18. The molecule has 0 bridgehead atoms. The van der Waals surface area contributed by atoms with Gasteiger partial charge in [0, 0.05) is 7.05 Å². The number of rotatable bonds is 3. The van der Waals surface area contributed by atoms with Crippen LogP contribution in [0.15, 0.2) is 24.4 Å². The van der Waals surface area contributed by atoms with Gasteiger partial charge in [-0.1, -0.05) is 6.07 Å². The Kier molecular flexibility index (Phi) is 3.91. The Morgan fingerprint density at radius 3 is 2.57 bits per heavy atom. The van der Waals surface area contributed by atoms with E-state index in [1.807, 2.05) is 0 Å². The van der Waals surface area contributed by atoms with Crippen molar-refractivity contribution in [3.8, 4) is 5.75 Å². The van der Waals surface area contributed by atoms with Crippen LogP contribution in [0.25, 0.3) is 0 Å². The summed E-state index contributed by atoms with van der Waals surface area (Å²) in [4.78, 5) is 0. The molecule has 0 amide bonds. The minimum absolute atomic E-state index is 0.0506. The lowest BCUT2D eigenvalue weighted by atomic mass is 9.99. The average Bonchev–Trinajstić information content (AvgIpc) is 2.78. The van der Waals surface area contributed by atoms with Crippen molar-refractivity contribution in [2.75, 3.05) is 7.11 Å². The summed E-state index contributed by atoms with van der Waals surface area (Å²) < 4.78 is 58.2. The number of hydrogen-bond acceptors (Lipinski definition) is 3. The van der Waals surface area contributed by atoms with Crippen LogP contribution in [0, 0.1) is 5.82 Å². The standard InChI is InChI=1S/C13H12F4N2O2/c1-19-11(10(21-2)6-18-19)12(20)8-4-3-7(14)5-9(8)13(15,16)17/h3-6,12,20H,1-2H3. The Bertz CT molecular complexity index is 652. The van der Waals surface area contributed by atoms with Crippen LogP contribution in [0.4, 0.5) is 17.6 Å². The zero-order valence-electron chi connectivity index (χ0n) is 11.1. The van der Waals surface area contributed by atoms with Crippen LogP contribution < -0.4 is 4.74 Å². The predicted molar refractivity (Wildman–Crippen MR) is 65.2 cm³/mol. The molecule has 1 aromatic carbocycles. The third-order valence-corrected chi connectivity index (χ3v) is 3.04. The second-order valence-corrected chi connectivity index (χ2v) is 4.35. The van der Waals surface area contributed by atoms with Gasteiger partial charge in [0.1, 0.15) is 17.6 Å². The fraction of sp³-hybridized carbons (Fsp3) is 0.308. The van der Waals surface area contributed by atoms with Crippen LogP contribution in [-0.4, -0.2) is 22.0 Å². The lowest BCUT2D eigenvalue weighted by Crippen LogP contribution is -2.15. The van der Waals surface area contributed by atoms with Gasteiger partial charge in [-0.25, -0.2) is 4.39 Å². The molecule has 2 rings (SSSR count). The molecule has 1 heterocycles. The molecular formula is C13H12F4N2O2. The van der Waals surface area contributed by atoms with E-state index in [1.54, 1.807) is 0 Å². The summed E-state index contributed by atoms with van der Waals surface area (Å²) in [7, 11) is 2.76. The normalized spacial score (nSPS) is 13.3. The minimum atomic E-state index is -4.79. The zero-order valence-corrected chi connectivity index (χ0v) is 11.1. The van der Waals surface area contributed by atoms with Gasteiger partial charge in [-0.3, -0.25) is 4.68 Å². The van der Waals surface area contributed by atoms with Gasteiger partial charge in [-0.15, -0.1) is 0 Å². The van der Waals surface area contributed by atoms with Crippen LogP contribution in [0.1, 0.15) is 22.9 Å². The quantitative estimate of drug-likeness (QED) is 0.887. The lowest BCUT2D eigenvalue weighted by molar-refractivity contribution is -0.139. The SMILES string of the molecule is COc1cnn(C)c1C(O)c1ccc(F)cc1C(F)(F)F. The maximum atomic E-state index is 13.1. The molecule has 1 aromatic heterocycles. The number of benzene rings is 1. The van der Waals surface area contributed by atoms with E-state index in [2.05, 4.69) is 5.10 Å². The van der Waals surface area contributed by atoms with Gasteiger partial charge in [0.25, 0.3) is 0 Å². The molecule has 0 spiro atoms. The van der Waals surface area contributed by atoms with E-state index in [9.17, 15) is 22.7 Å². The van der Waals surface area contributed by atoms with E-state index >= 15 is 0 Å². The van der Waals surface area contributed by atoms with Crippen molar-refractivity contribution in [2.24, 2.45) is 7.05 Å². The monoisotopic (exact) mass is 304 g/mol. The summed E-state index contributed by atoms with van der Waals surface area (Å²) in [6, 6.07) is 2.10. The summed E-state index contributed by atoms with van der Waals surface area (Å²) in [5, 5.41) is 14.1. The van der Waals surface area contributed by atoms with Gasteiger partial charge in [0.05, 0.1) is 18.9 Å². The molecule has 0 aliphatic rings. The Labute approximate surface area is 117 Å². The maximum Gasteiger partial charge on any atom is 0.416 e. The van der Waals surface area contributed by atoms with E-state index in [0.717, 1.165) is 12.1 Å². The molecule has 2 aromatic rings. The highest BCUT2D eigenvalue weighted by Gasteiger charge is 2.37. The van der Waals surface area contributed by atoms with Gasteiger partial charge in [0.2, 0.25) is 0 Å². The molecule has 0 aliphatic carbocycles. The van der Waals surface area contributed by atoms with Crippen molar-refractivity contribution in [3.05, 3.63) is 47.0 Å². The number of aryl methyl sites for hydroxylation is 1. The van der Waals surface area contributed by atoms with Gasteiger partial charge < -0.3 is 9.84 Å². The number of methoxy groups -OCH3 is 1. The van der Waals surface area contributed by atoms with Crippen molar-refractivity contribution in [1.82, 2.24) is 9.78 Å². The Morgan fingerprint density at radius 1 is 1.33 bits per heavy atom. The topological polar surface area (TPSA) is 47.3 Å². The fourth-order valence-electron chi connectivity index (χ4n) is 2.06. The number of alkyl halides is 3. The maximum absolute atomic E-state index is 13.1. The molecule has 1 atom stereocenters. The highest BCUT2D eigenvalue weighted by atomic mass is 19.4. The summed E-state index contributed by atoms with van der Waals surface area (Å²) in [5.41, 5.74) is -1.65. The fourth-order valence-corrected chi connectivity index (χ4v) is 2.06. The Hall–Kier alpha value is -2.09. The third-order valence-electron chi connectivity index (χ3n) is 3.04. The molecule has 114 valence electrons. The molecule has 0 fully saturated rings. The molecule has 0 radical (unpaired) electrons. The molecular weight excluding hydrogens is 292 g/mol. The van der Waals surface area contributed by atoms with E-state index in [4.69, 9.17) is 4.74 Å². The molecule has 1 N–H and O–H groups in total. The first-order chi connectivity index (χ1) is 9.75. The van der Waals surface area contributed by atoms with Crippen LogP contribution in [0.3, 0.4) is 0 Å². The third kappa shape index (κ3) is 2.85. The Balaban J connectivity index is 2.58. The minimum Gasteiger partial charge on any atom is -0.493 e. The smallest absolute Gasteiger partial charge is 0.416 e. The number of hydrogen-bond donors (Lipinski definition) is 1. The average molecular weight is 304 g/mol. The summed E-state index contributed by atoms with van der Waals surface area (Å²) >= 11 is 0. The van der Waals surface area contributed by atoms with Crippen molar-refractivity contribution in [2.45, 2.75) is 12.3 Å². The van der Waals surface area contributed by atoms with E-state index in [1.165, 1.54) is 25.0 Å². The molecule has 0 saturated heterocycles. The molecule has 0 saturated carbocycles. The highest BCUT2D eigenvalue weighted by molar-refractivity contribution is 5.40. The molecule has 8 heteroatoms. The van der Waals surface area contributed by atoms with Crippen LogP contribution in [0.2, 0.25) is 0 Å².